The van der Waals surface area contributed by atoms with Crippen molar-refractivity contribution in [3.8, 4) is 0 Å². The molecular formula is C36H42O6. The van der Waals surface area contributed by atoms with E-state index in [-0.39, 0.29) is 0 Å². The van der Waals surface area contributed by atoms with Crippen molar-refractivity contribution in [3.05, 3.63) is 107 Å². The summed E-state index contributed by atoms with van der Waals surface area (Å²) in [6, 6.07) is 23.4. The second-order valence-corrected chi connectivity index (χ2v) is 11.0. The first-order chi connectivity index (χ1) is 20.2. The number of unbranched alkanes of at least 4 members (excludes halogenated alkanes) is 2. The molecule has 0 unspecified atom stereocenters. The lowest BCUT2D eigenvalue weighted by molar-refractivity contribution is -0.0996. The van der Waals surface area contributed by atoms with Gasteiger partial charge < -0.3 is 30.6 Å². The van der Waals surface area contributed by atoms with Gasteiger partial charge in [0.1, 0.15) is 35.9 Å². The molecule has 0 bridgehead atoms. The first-order valence-electron chi connectivity index (χ1n) is 14.8. The van der Waals surface area contributed by atoms with Crippen molar-refractivity contribution in [2.24, 2.45) is 0 Å². The zero-order chi connectivity index (χ0) is 30.2. The molecule has 4 atom stereocenters. The van der Waals surface area contributed by atoms with Crippen molar-refractivity contribution in [3.63, 3.8) is 0 Å². The maximum Gasteiger partial charge on any atom is 0.139 e. The van der Waals surface area contributed by atoms with E-state index in [0.717, 1.165) is 60.1 Å². The largest absolute Gasteiger partial charge is 0.509 e. The van der Waals surface area contributed by atoms with Gasteiger partial charge in [0.15, 0.2) is 0 Å². The highest BCUT2D eigenvalue weighted by Crippen LogP contribution is 2.26. The summed E-state index contributed by atoms with van der Waals surface area (Å²) in [6.45, 7) is 4.30. The average Bonchev–Trinajstić information content (AvgIpc) is 3.00. The minimum Gasteiger partial charge on any atom is -0.509 e. The fourth-order valence-corrected chi connectivity index (χ4v) is 5.32. The molecule has 0 saturated heterocycles. The third-order valence-corrected chi connectivity index (χ3v) is 7.82. The first kappa shape index (κ1) is 31.3. The van der Waals surface area contributed by atoms with E-state index in [4.69, 9.17) is 0 Å². The van der Waals surface area contributed by atoms with Crippen molar-refractivity contribution in [2.75, 3.05) is 0 Å². The lowest BCUT2D eigenvalue weighted by Gasteiger charge is -2.26. The number of aliphatic hydroxyl groups excluding tert-OH is 6. The van der Waals surface area contributed by atoms with Gasteiger partial charge in [0.05, 0.1) is 0 Å². The molecule has 0 aliphatic carbocycles. The molecule has 0 heterocycles. The number of hydrogen-bond acceptors (Lipinski definition) is 6. The van der Waals surface area contributed by atoms with E-state index in [0.29, 0.717) is 11.1 Å². The van der Waals surface area contributed by atoms with Gasteiger partial charge in [-0.25, -0.2) is 0 Å². The highest BCUT2D eigenvalue weighted by molar-refractivity contribution is 5.88. The average molecular weight is 571 g/mol. The van der Waals surface area contributed by atoms with E-state index in [1.165, 1.54) is 23.3 Å². The topological polar surface area (TPSA) is 121 Å². The second kappa shape index (κ2) is 14.5. The Labute approximate surface area is 247 Å². The molecule has 0 saturated carbocycles. The molecule has 0 aromatic heterocycles. The quantitative estimate of drug-likeness (QED) is 0.101. The summed E-state index contributed by atoms with van der Waals surface area (Å²) >= 11 is 0. The predicted molar refractivity (Wildman–Crippen MR) is 170 cm³/mol. The SMILES string of the molecule is CCCCc1cccc2cc(C=C(O)[C@@H](O)[C@@H](O)[C@H](O)[C@H](O)C(O)=Cc3ccc4c(CCCC)cccc4c3)ccc12. The molecule has 42 heavy (non-hydrogen) atoms. The van der Waals surface area contributed by atoms with E-state index >= 15 is 0 Å². The highest BCUT2D eigenvalue weighted by Gasteiger charge is 2.34. The van der Waals surface area contributed by atoms with E-state index in [1.54, 1.807) is 0 Å². The van der Waals surface area contributed by atoms with Crippen molar-refractivity contribution >= 4 is 33.7 Å². The molecule has 4 aromatic carbocycles. The molecule has 4 aromatic rings. The lowest BCUT2D eigenvalue weighted by Crippen LogP contribution is -2.45. The van der Waals surface area contributed by atoms with Crippen LogP contribution in [0, 0.1) is 0 Å². The van der Waals surface area contributed by atoms with E-state index in [1.807, 2.05) is 60.7 Å². The molecule has 0 fully saturated rings. The van der Waals surface area contributed by atoms with Crippen LogP contribution in [-0.2, 0) is 12.8 Å². The van der Waals surface area contributed by atoms with Crippen LogP contribution in [0.25, 0.3) is 33.7 Å². The molecule has 0 spiro atoms. The number of rotatable bonds is 13. The van der Waals surface area contributed by atoms with Crippen LogP contribution in [0.4, 0.5) is 0 Å². The molecular weight excluding hydrogens is 528 g/mol. The number of fused-ring (bicyclic) bond motifs is 2. The van der Waals surface area contributed by atoms with Gasteiger partial charge in [0.2, 0.25) is 0 Å². The minimum atomic E-state index is -1.97. The van der Waals surface area contributed by atoms with Gasteiger partial charge in [-0.3, -0.25) is 0 Å². The summed E-state index contributed by atoms with van der Waals surface area (Å²) in [5.74, 6) is -1.15. The van der Waals surface area contributed by atoms with Crippen molar-refractivity contribution < 1.29 is 30.6 Å². The van der Waals surface area contributed by atoms with Crippen molar-refractivity contribution in [1.29, 1.82) is 0 Å². The Morgan fingerprint density at radius 3 is 1.38 bits per heavy atom. The third-order valence-electron chi connectivity index (χ3n) is 7.82. The monoisotopic (exact) mass is 570 g/mol. The fourth-order valence-electron chi connectivity index (χ4n) is 5.32. The van der Waals surface area contributed by atoms with Crippen LogP contribution in [0.15, 0.2) is 84.3 Å². The minimum absolute atomic E-state index is 0.577. The summed E-state index contributed by atoms with van der Waals surface area (Å²) in [6.07, 6.45) is 1.23. The summed E-state index contributed by atoms with van der Waals surface area (Å²) < 4.78 is 0. The van der Waals surface area contributed by atoms with E-state index < -0.39 is 35.9 Å². The Morgan fingerprint density at radius 2 is 1.00 bits per heavy atom. The molecule has 0 aliphatic rings. The Bertz CT molecular complexity index is 1440. The van der Waals surface area contributed by atoms with Crippen LogP contribution < -0.4 is 0 Å². The van der Waals surface area contributed by atoms with Gasteiger partial charge in [0, 0.05) is 0 Å². The summed E-state index contributed by atoms with van der Waals surface area (Å²) in [5.41, 5.74) is 3.70. The van der Waals surface area contributed by atoms with Gasteiger partial charge in [-0.2, -0.15) is 0 Å². The van der Waals surface area contributed by atoms with Gasteiger partial charge in [-0.05, 0) is 93.8 Å². The van der Waals surface area contributed by atoms with Gasteiger partial charge in [-0.15, -0.1) is 0 Å². The molecule has 6 nitrogen and oxygen atoms in total. The van der Waals surface area contributed by atoms with Gasteiger partial charge >= 0.3 is 0 Å². The van der Waals surface area contributed by atoms with Gasteiger partial charge in [-0.1, -0.05) is 87.4 Å². The maximum atomic E-state index is 10.6. The normalized spacial score (nSPS) is 15.6. The summed E-state index contributed by atoms with van der Waals surface area (Å²) in [4.78, 5) is 0. The number of aliphatic hydroxyl groups is 6. The zero-order valence-corrected chi connectivity index (χ0v) is 24.3. The third kappa shape index (κ3) is 7.39. The van der Waals surface area contributed by atoms with Crippen LogP contribution in [0.3, 0.4) is 0 Å². The number of aryl methyl sites for hydroxylation is 2. The lowest BCUT2D eigenvalue weighted by atomic mass is 9.96. The van der Waals surface area contributed by atoms with Crippen LogP contribution in [0.1, 0.15) is 61.8 Å². The molecule has 0 aliphatic heterocycles. The molecule has 0 amide bonds. The van der Waals surface area contributed by atoms with Crippen LogP contribution >= 0.6 is 0 Å². The van der Waals surface area contributed by atoms with Crippen molar-refractivity contribution in [1.82, 2.24) is 0 Å². The maximum absolute atomic E-state index is 10.6. The zero-order valence-electron chi connectivity index (χ0n) is 24.3. The molecule has 222 valence electrons. The molecule has 6 heteroatoms. The summed E-state index contributed by atoms with van der Waals surface area (Å²) in [5, 5.41) is 67.5. The number of hydrogen-bond donors (Lipinski definition) is 6. The van der Waals surface area contributed by atoms with Crippen LogP contribution in [-0.4, -0.2) is 55.1 Å². The second-order valence-electron chi connectivity index (χ2n) is 11.0. The van der Waals surface area contributed by atoms with Crippen LogP contribution in [0.5, 0.6) is 0 Å². The standard InChI is InChI=1S/C36H42O6/c1-3-5-9-25-11-7-13-27-19-23(15-17-29(25)27)21-31(37)33(39)35(41)36(42)34(40)32(38)22-24-16-18-30-26(10-6-4-2)12-8-14-28(30)20-24/h7-8,11-22,33-42H,3-6,9-10H2,1-2H3/t33-,34-,35-,36-/m1/s1. The Kier molecular flexibility index (Phi) is 10.8. The molecule has 6 N–H and O–H groups in total. The predicted octanol–water partition coefficient (Wildman–Crippen LogP) is 6.62. The number of benzene rings is 4. The highest BCUT2D eigenvalue weighted by atomic mass is 16.4. The molecule has 4 rings (SSSR count). The van der Waals surface area contributed by atoms with E-state index in [9.17, 15) is 30.6 Å². The fraction of sp³-hybridized carbons (Fsp3) is 0.333. The van der Waals surface area contributed by atoms with Crippen LogP contribution in [0.2, 0.25) is 0 Å². The van der Waals surface area contributed by atoms with Crippen molar-refractivity contribution in [2.45, 2.75) is 76.8 Å². The summed E-state index contributed by atoms with van der Waals surface area (Å²) in [7, 11) is 0. The van der Waals surface area contributed by atoms with E-state index in [2.05, 4.69) is 26.0 Å². The molecule has 0 radical (unpaired) electrons. The van der Waals surface area contributed by atoms with Gasteiger partial charge in [0.25, 0.3) is 0 Å². The smallest absolute Gasteiger partial charge is 0.139 e. The Morgan fingerprint density at radius 1 is 0.595 bits per heavy atom. The Balaban J connectivity index is 1.46. The first-order valence-corrected chi connectivity index (χ1v) is 14.8. The Hall–Kier alpha value is -3.68.